The number of aromatic amines is 1. The van der Waals surface area contributed by atoms with Gasteiger partial charge in [-0.25, -0.2) is 4.79 Å². The van der Waals surface area contributed by atoms with Gasteiger partial charge >= 0.3 is 5.97 Å². The number of hydrogen-bond donors (Lipinski definition) is 2. The summed E-state index contributed by atoms with van der Waals surface area (Å²) in [6, 6.07) is 6.14. The molecule has 0 fully saturated rings. The van der Waals surface area contributed by atoms with Crippen LogP contribution in [-0.4, -0.2) is 16.1 Å². The summed E-state index contributed by atoms with van der Waals surface area (Å²) in [4.78, 5) is 14.0. The number of aromatic nitrogens is 1. The van der Waals surface area contributed by atoms with E-state index in [1.165, 1.54) is 11.6 Å². The molecule has 0 unspecified atom stereocenters. The van der Waals surface area contributed by atoms with Crippen LogP contribution < -0.4 is 0 Å². The van der Waals surface area contributed by atoms with Crippen molar-refractivity contribution < 1.29 is 9.90 Å². The van der Waals surface area contributed by atoms with E-state index in [4.69, 9.17) is 5.11 Å². The van der Waals surface area contributed by atoms with Crippen LogP contribution in [0.5, 0.6) is 0 Å². The highest BCUT2D eigenvalue weighted by Gasteiger charge is 2.11. The molecule has 0 bridgehead atoms. The topological polar surface area (TPSA) is 53.1 Å². The number of fused-ring (bicyclic) bond motifs is 1. The Morgan fingerprint density at radius 3 is 2.72 bits per heavy atom. The molecule has 2 N–H and O–H groups in total. The Morgan fingerprint density at radius 1 is 1.39 bits per heavy atom. The van der Waals surface area contributed by atoms with Gasteiger partial charge in [-0.3, -0.25) is 0 Å². The van der Waals surface area contributed by atoms with Crippen molar-refractivity contribution in [3.63, 3.8) is 0 Å². The van der Waals surface area contributed by atoms with Gasteiger partial charge in [0.15, 0.2) is 0 Å². The Labute approximate surface area is 106 Å². The summed E-state index contributed by atoms with van der Waals surface area (Å²) in [7, 11) is 0. The molecule has 2 rings (SSSR count). The lowest BCUT2D eigenvalue weighted by atomic mass is 9.98. The van der Waals surface area contributed by atoms with Crippen LogP contribution in [0.2, 0.25) is 0 Å². The first-order chi connectivity index (χ1) is 8.50. The molecule has 2 aromatic rings. The minimum absolute atomic E-state index is 0.434. The SMILES string of the molecule is C/C(=C/C(=O)O)c1c[nH]c2c(C(C)C)cccc12. The van der Waals surface area contributed by atoms with E-state index >= 15 is 0 Å². The van der Waals surface area contributed by atoms with Crippen molar-refractivity contribution in [1.82, 2.24) is 4.98 Å². The van der Waals surface area contributed by atoms with Crippen LogP contribution in [0.15, 0.2) is 30.5 Å². The first-order valence-corrected chi connectivity index (χ1v) is 6.02. The summed E-state index contributed by atoms with van der Waals surface area (Å²) in [5, 5.41) is 9.89. The Bertz CT molecular complexity index is 620. The van der Waals surface area contributed by atoms with Gasteiger partial charge in [-0.05, 0) is 24.0 Å². The highest BCUT2D eigenvalue weighted by Crippen LogP contribution is 2.30. The maximum Gasteiger partial charge on any atom is 0.328 e. The van der Waals surface area contributed by atoms with Gasteiger partial charge in [0, 0.05) is 28.7 Å². The third-order valence-electron chi connectivity index (χ3n) is 3.13. The Kier molecular flexibility index (Phi) is 3.24. The molecular formula is C15H17NO2. The van der Waals surface area contributed by atoms with Crippen molar-refractivity contribution in [2.75, 3.05) is 0 Å². The molecular weight excluding hydrogens is 226 g/mol. The molecule has 1 heterocycles. The quantitative estimate of drug-likeness (QED) is 0.806. The number of benzene rings is 1. The van der Waals surface area contributed by atoms with E-state index in [-0.39, 0.29) is 0 Å². The Balaban J connectivity index is 2.63. The van der Waals surface area contributed by atoms with Gasteiger partial charge in [-0.2, -0.15) is 0 Å². The summed E-state index contributed by atoms with van der Waals surface area (Å²) < 4.78 is 0. The minimum Gasteiger partial charge on any atom is -0.478 e. The fraction of sp³-hybridized carbons (Fsp3) is 0.267. The van der Waals surface area contributed by atoms with Gasteiger partial charge in [0.25, 0.3) is 0 Å². The molecule has 0 radical (unpaired) electrons. The molecule has 0 aliphatic heterocycles. The molecule has 0 saturated heterocycles. The maximum atomic E-state index is 10.7. The maximum absolute atomic E-state index is 10.7. The third-order valence-corrected chi connectivity index (χ3v) is 3.13. The highest BCUT2D eigenvalue weighted by molar-refractivity contribution is 5.98. The zero-order valence-corrected chi connectivity index (χ0v) is 10.8. The number of carboxylic acid groups (broad SMARTS) is 1. The van der Waals surface area contributed by atoms with Gasteiger partial charge in [0.05, 0.1) is 0 Å². The monoisotopic (exact) mass is 243 g/mol. The van der Waals surface area contributed by atoms with Crippen molar-refractivity contribution in [3.05, 3.63) is 41.6 Å². The lowest BCUT2D eigenvalue weighted by Gasteiger charge is -2.07. The van der Waals surface area contributed by atoms with Crippen molar-refractivity contribution in [2.45, 2.75) is 26.7 Å². The summed E-state index contributed by atoms with van der Waals surface area (Å²) in [5.74, 6) is -0.481. The number of H-pyrrole nitrogens is 1. The lowest BCUT2D eigenvalue weighted by molar-refractivity contribution is -0.131. The normalized spacial score (nSPS) is 12.3. The summed E-state index contributed by atoms with van der Waals surface area (Å²) in [5.41, 5.74) is 4.06. The van der Waals surface area contributed by atoms with Crippen LogP contribution >= 0.6 is 0 Å². The summed E-state index contributed by atoms with van der Waals surface area (Å²) in [6.07, 6.45) is 3.12. The van der Waals surface area contributed by atoms with Crippen LogP contribution in [-0.2, 0) is 4.79 Å². The molecule has 3 heteroatoms. The van der Waals surface area contributed by atoms with E-state index in [0.717, 1.165) is 22.0 Å². The first-order valence-electron chi connectivity index (χ1n) is 6.02. The van der Waals surface area contributed by atoms with E-state index in [1.54, 1.807) is 0 Å². The van der Waals surface area contributed by atoms with Crippen molar-refractivity contribution in [1.29, 1.82) is 0 Å². The molecule has 0 amide bonds. The van der Waals surface area contributed by atoms with E-state index in [2.05, 4.69) is 24.9 Å². The minimum atomic E-state index is -0.915. The fourth-order valence-corrected chi connectivity index (χ4v) is 2.25. The van der Waals surface area contributed by atoms with Gasteiger partial charge < -0.3 is 10.1 Å². The van der Waals surface area contributed by atoms with E-state index in [0.29, 0.717) is 5.92 Å². The standard InChI is InChI=1S/C15H17NO2/c1-9(2)11-5-4-6-12-13(8-16-15(11)12)10(3)7-14(17)18/h4-9,16H,1-3H3,(H,17,18)/b10-7-. The smallest absolute Gasteiger partial charge is 0.328 e. The van der Waals surface area contributed by atoms with Crippen LogP contribution in [0.25, 0.3) is 16.5 Å². The van der Waals surface area contributed by atoms with Gasteiger partial charge in [0.2, 0.25) is 0 Å². The van der Waals surface area contributed by atoms with Crippen molar-refractivity contribution in [2.24, 2.45) is 0 Å². The molecule has 0 aliphatic rings. The van der Waals surface area contributed by atoms with E-state index in [9.17, 15) is 4.79 Å². The molecule has 0 spiro atoms. The summed E-state index contributed by atoms with van der Waals surface area (Å²) >= 11 is 0. The van der Waals surface area contributed by atoms with Gasteiger partial charge in [-0.1, -0.05) is 32.0 Å². The number of carboxylic acids is 1. The molecule has 1 aromatic heterocycles. The average molecular weight is 243 g/mol. The predicted octanol–water partition coefficient (Wildman–Crippen LogP) is 3.78. The van der Waals surface area contributed by atoms with Crippen molar-refractivity contribution in [3.8, 4) is 0 Å². The largest absolute Gasteiger partial charge is 0.478 e. The summed E-state index contributed by atoms with van der Waals surface area (Å²) in [6.45, 7) is 6.11. The van der Waals surface area contributed by atoms with Gasteiger partial charge in [-0.15, -0.1) is 0 Å². The van der Waals surface area contributed by atoms with Crippen LogP contribution in [0.4, 0.5) is 0 Å². The fourth-order valence-electron chi connectivity index (χ4n) is 2.25. The number of para-hydroxylation sites is 1. The number of nitrogens with one attached hydrogen (secondary N) is 1. The zero-order chi connectivity index (χ0) is 13.3. The highest BCUT2D eigenvalue weighted by atomic mass is 16.4. The predicted molar refractivity (Wildman–Crippen MR) is 73.7 cm³/mol. The van der Waals surface area contributed by atoms with Gasteiger partial charge in [0.1, 0.15) is 0 Å². The zero-order valence-electron chi connectivity index (χ0n) is 10.8. The number of allylic oxidation sites excluding steroid dienone is 1. The second-order valence-corrected chi connectivity index (χ2v) is 4.79. The van der Waals surface area contributed by atoms with Crippen LogP contribution in [0.1, 0.15) is 37.8 Å². The number of carbonyl (C=O) groups is 1. The molecule has 18 heavy (non-hydrogen) atoms. The molecule has 0 atom stereocenters. The number of aliphatic carboxylic acids is 1. The molecule has 3 nitrogen and oxygen atoms in total. The lowest BCUT2D eigenvalue weighted by Crippen LogP contribution is -1.90. The van der Waals surface area contributed by atoms with E-state index in [1.807, 2.05) is 25.3 Å². The second-order valence-electron chi connectivity index (χ2n) is 4.79. The third kappa shape index (κ3) is 2.16. The Hall–Kier alpha value is -2.03. The average Bonchev–Trinajstić information content (AvgIpc) is 2.70. The Morgan fingerprint density at radius 2 is 2.11 bits per heavy atom. The number of rotatable bonds is 3. The van der Waals surface area contributed by atoms with Crippen LogP contribution in [0, 0.1) is 0 Å². The van der Waals surface area contributed by atoms with E-state index < -0.39 is 5.97 Å². The molecule has 94 valence electrons. The second kappa shape index (κ2) is 4.69. The molecule has 0 saturated carbocycles. The molecule has 1 aromatic carbocycles. The molecule has 0 aliphatic carbocycles. The van der Waals surface area contributed by atoms with Crippen LogP contribution in [0.3, 0.4) is 0 Å². The first kappa shape index (κ1) is 12.4. The number of hydrogen-bond acceptors (Lipinski definition) is 1. The van der Waals surface area contributed by atoms with Crippen molar-refractivity contribution >= 4 is 22.4 Å².